The summed E-state index contributed by atoms with van der Waals surface area (Å²) >= 11 is 0. The molecule has 0 radical (unpaired) electrons. The van der Waals surface area contributed by atoms with Crippen LogP contribution in [0.4, 0.5) is 5.69 Å². The van der Waals surface area contributed by atoms with Crippen molar-refractivity contribution in [2.75, 3.05) is 12.4 Å². The van der Waals surface area contributed by atoms with Crippen LogP contribution in [0.15, 0.2) is 48.5 Å². The Morgan fingerprint density at radius 3 is 2.64 bits per heavy atom. The van der Waals surface area contributed by atoms with Crippen LogP contribution in [0.1, 0.15) is 11.1 Å². The first kappa shape index (κ1) is 15.6. The molecule has 2 aromatic rings. The Balaban J connectivity index is 2.05. The molecule has 1 atom stereocenters. The van der Waals surface area contributed by atoms with Crippen LogP contribution >= 0.6 is 0 Å². The first-order valence-corrected chi connectivity index (χ1v) is 7.02. The van der Waals surface area contributed by atoms with Gasteiger partial charge in [-0.3, -0.25) is 4.79 Å². The average molecular weight is 294 g/mol. The van der Waals surface area contributed by atoms with Crippen molar-refractivity contribution in [1.29, 1.82) is 5.26 Å². The van der Waals surface area contributed by atoms with Gasteiger partial charge in [0.25, 0.3) is 0 Å². The number of carbonyl (C=O) groups excluding carboxylic acids is 1. The maximum Gasteiger partial charge on any atom is 0.242 e. The minimum atomic E-state index is -0.742. The molecule has 4 nitrogen and oxygen atoms in total. The van der Waals surface area contributed by atoms with Gasteiger partial charge < -0.3 is 10.1 Å². The number of ether oxygens (including phenoxy) is 1. The fourth-order valence-corrected chi connectivity index (χ4v) is 2.10. The third-order valence-electron chi connectivity index (χ3n) is 3.37. The molecule has 1 amide bonds. The summed E-state index contributed by atoms with van der Waals surface area (Å²) in [5.41, 5.74) is 2.71. The zero-order valence-electron chi connectivity index (χ0n) is 12.7. The van der Waals surface area contributed by atoms with Crippen LogP contribution in [-0.2, 0) is 11.2 Å². The fraction of sp³-hybridized carbons (Fsp3) is 0.222. The SMILES string of the molecule is COc1cccc(CC(C#N)C(=O)Nc2ccc(C)cc2)c1. The predicted octanol–water partition coefficient (Wildman–Crippen LogP) is 3.32. The number of methoxy groups -OCH3 is 1. The molecule has 0 fully saturated rings. The summed E-state index contributed by atoms with van der Waals surface area (Å²) in [5.74, 6) is -0.323. The molecule has 0 heterocycles. The van der Waals surface area contributed by atoms with Crippen LogP contribution in [0, 0.1) is 24.2 Å². The number of aryl methyl sites for hydroxylation is 1. The minimum Gasteiger partial charge on any atom is -0.497 e. The summed E-state index contributed by atoms with van der Waals surface area (Å²) in [6.45, 7) is 1.98. The molecule has 2 rings (SSSR count). The van der Waals surface area contributed by atoms with Crippen molar-refractivity contribution >= 4 is 11.6 Å². The molecule has 0 aromatic heterocycles. The lowest BCUT2D eigenvalue weighted by molar-refractivity contribution is -0.118. The van der Waals surface area contributed by atoms with E-state index >= 15 is 0 Å². The fourth-order valence-electron chi connectivity index (χ4n) is 2.10. The van der Waals surface area contributed by atoms with Gasteiger partial charge >= 0.3 is 0 Å². The van der Waals surface area contributed by atoms with Gasteiger partial charge in [-0.2, -0.15) is 5.26 Å². The van der Waals surface area contributed by atoms with Crippen molar-refractivity contribution in [3.8, 4) is 11.8 Å². The lowest BCUT2D eigenvalue weighted by Gasteiger charge is -2.11. The van der Waals surface area contributed by atoms with E-state index in [1.807, 2.05) is 55.5 Å². The third kappa shape index (κ3) is 4.10. The molecule has 0 saturated heterocycles. The van der Waals surface area contributed by atoms with E-state index in [9.17, 15) is 10.1 Å². The van der Waals surface area contributed by atoms with E-state index in [1.54, 1.807) is 7.11 Å². The van der Waals surface area contributed by atoms with Crippen LogP contribution in [-0.4, -0.2) is 13.0 Å². The molecule has 0 aliphatic rings. The maximum absolute atomic E-state index is 12.2. The van der Waals surface area contributed by atoms with Crippen molar-refractivity contribution < 1.29 is 9.53 Å². The minimum absolute atomic E-state index is 0.297. The van der Waals surface area contributed by atoms with Gasteiger partial charge in [0.05, 0.1) is 13.2 Å². The molecule has 4 heteroatoms. The number of carbonyl (C=O) groups is 1. The second-order valence-corrected chi connectivity index (χ2v) is 5.09. The van der Waals surface area contributed by atoms with Gasteiger partial charge in [0, 0.05) is 5.69 Å². The Morgan fingerprint density at radius 2 is 2.00 bits per heavy atom. The lowest BCUT2D eigenvalue weighted by atomic mass is 9.99. The summed E-state index contributed by atoms with van der Waals surface area (Å²) in [6, 6.07) is 16.9. The molecule has 1 unspecified atom stereocenters. The molecule has 0 bridgehead atoms. The predicted molar refractivity (Wildman–Crippen MR) is 85.6 cm³/mol. The number of nitriles is 1. The Hall–Kier alpha value is -2.80. The van der Waals surface area contributed by atoms with Gasteiger partial charge in [-0.1, -0.05) is 29.8 Å². The Morgan fingerprint density at radius 1 is 1.27 bits per heavy atom. The van der Waals surface area contributed by atoms with E-state index in [0.717, 1.165) is 11.1 Å². The summed E-state index contributed by atoms with van der Waals surface area (Å²) in [6.07, 6.45) is 0.353. The Labute approximate surface area is 130 Å². The number of amides is 1. The van der Waals surface area contributed by atoms with E-state index in [-0.39, 0.29) is 5.91 Å². The highest BCUT2D eigenvalue weighted by molar-refractivity contribution is 5.94. The van der Waals surface area contributed by atoms with E-state index in [0.29, 0.717) is 17.9 Å². The van der Waals surface area contributed by atoms with E-state index in [1.165, 1.54) is 0 Å². The van der Waals surface area contributed by atoms with Crippen molar-refractivity contribution in [2.45, 2.75) is 13.3 Å². The lowest BCUT2D eigenvalue weighted by Crippen LogP contribution is -2.23. The second-order valence-electron chi connectivity index (χ2n) is 5.09. The molecule has 2 aromatic carbocycles. The zero-order valence-corrected chi connectivity index (χ0v) is 12.7. The standard InChI is InChI=1S/C18H18N2O2/c1-13-6-8-16(9-7-13)20-18(21)15(12-19)10-14-4-3-5-17(11-14)22-2/h3-9,11,15H,10H2,1-2H3,(H,20,21). The molecule has 112 valence electrons. The van der Waals surface area contributed by atoms with Crippen LogP contribution in [0.3, 0.4) is 0 Å². The van der Waals surface area contributed by atoms with Gasteiger partial charge in [0.15, 0.2) is 0 Å². The highest BCUT2D eigenvalue weighted by atomic mass is 16.5. The number of benzene rings is 2. The van der Waals surface area contributed by atoms with Gasteiger partial charge in [0.1, 0.15) is 11.7 Å². The topological polar surface area (TPSA) is 62.1 Å². The van der Waals surface area contributed by atoms with E-state index < -0.39 is 5.92 Å². The zero-order chi connectivity index (χ0) is 15.9. The van der Waals surface area contributed by atoms with Crippen molar-refractivity contribution in [3.63, 3.8) is 0 Å². The molecule has 0 aliphatic heterocycles. The van der Waals surface area contributed by atoms with Crippen LogP contribution in [0.5, 0.6) is 5.75 Å². The van der Waals surface area contributed by atoms with E-state index in [2.05, 4.69) is 11.4 Å². The number of anilines is 1. The molecule has 0 spiro atoms. The molecule has 1 N–H and O–H groups in total. The van der Waals surface area contributed by atoms with Crippen LogP contribution in [0.25, 0.3) is 0 Å². The second kappa shape index (κ2) is 7.28. The number of rotatable bonds is 5. The van der Waals surface area contributed by atoms with Crippen molar-refractivity contribution in [2.24, 2.45) is 5.92 Å². The largest absolute Gasteiger partial charge is 0.497 e. The normalized spacial score (nSPS) is 11.3. The Bertz CT molecular complexity index is 687. The molecule has 0 saturated carbocycles. The van der Waals surface area contributed by atoms with Crippen molar-refractivity contribution in [3.05, 3.63) is 59.7 Å². The van der Waals surface area contributed by atoms with Crippen molar-refractivity contribution in [1.82, 2.24) is 0 Å². The summed E-state index contributed by atoms with van der Waals surface area (Å²) in [7, 11) is 1.59. The highest BCUT2D eigenvalue weighted by Gasteiger charge is 2.18. The molecular formula is C18H18N2O2. The first-order valence-electron chi connectivity index (χ1n) is 7.02. The van der Waals surface area contributed by atoms with Crippen LogP contribution < -0.4 is 10.1 Å². The quantitative estimate of drug-likeness (QED) is 0.920. The van der Waals surface area contributed by atoms with Crippen LogP contribution in [0.2, 0.25) is 0 Å². The van der Waals surface area contributed by atoms with E-state index in [4.69, 9.17) is 4.74 Å². The summed E-state index contributed by atoms with van der Waals surface area (Å²) in [5, 5.41) is 12.0. The summed E-state index contributed by atoms with van der Waals surface area (Å²) < 4.78 is 5.15. The number of nitrogens with one attached hydrogen (secondary N) is 1. The molecule has 22 heavy (non-hydrogen) atoms. The van der Waals surface area contributed by atoms with Gasteiger partial charge in [0.2, 0.25) is 5.91 Å². The smallest absolute Gasteiger partial charge is 0.242 e. The highest BCUT2D eigenvalue weighted by Crippen LogP contribution is 2.17. The maximum atomic E-state index is 12.2. The molecule has 0 aliphatic carbocycles. The van der Waals surface area contributed by atoms with Gasteiger partial charge in [-0.15, -0.1) is 0 Å². The monoisotopic (exact) mass is 294 g/mol. The van der Waals surface area contributed by atoms with Gasteiger partial charge in [-0.25, -0.2) is 0 Å². The van der Waals surface area contributed by atoms with Gasteiger partial charge in [-0.05, 0) is 43.2 Å². The number of hydrogen-bond donors (Lipinski definition) is 1. The average Bonchev–Trinajstić information content (AvgIpc) is 2.54. The first-order chi connectivity index (χ1) is 10.6. The third-order valence-corrected chi connectivity index (χ3v) is 3.37. The number of hydrogen-bond acceptors (Lipinski definition) is 3. The number of nitrogens with zero attached hydrogens (tertiary/aromatic N) is 1. The summed E-state index contributed by atoms with van der Waals surface area (Å²) in [4.78, 5) is 12.2. The Kier molecular flexibility index (Phi) is 5.16. The molecular weight excluding hydrogens is 276 g/mol.